The summed E-state index contributed by atoms with van der Waals surface area (Å²) in [5.41, 5.74) is 6.35. The number of nitrogens with zero attached hydrogens (tertiary/aromatic N) is 6. The quantitative estimate of drug-likeness (QED) is 0.146. The van der Waals surface area contributed by atoms with Gasteiger partial charge in [0.2, 0.25) is 17.7 Å². The Balaban J connectivity index is 0.917. The fourth-order valence-corrected chi connectivity index (χ4v) is 8.90. The molecular weight excluding hydrogens is 743 g/mol. The summed E-state index contributed by atoms with van der Waals surface area (Å²) in [6.07, 6.45) is 0.140. The summed E-state index contributed by atoms with van der Waals surface area (Å²) in [5, 5.41) is 39.3. The third-order valence-corrected chi connectivity index (χ3v) is 12.3. The number of aromatic hydroxyl groups is 1. The molecule has 302 valence electrons. The van der Waals surface area contributed by atoms with Crippen LogP contribution in [0.1, 0.15) is 64.3 Å². The van der Waals surface area contributed by atoms with Gasteiger partial charge in [-0.1, -0.05) is 57.2 Å². The number of phenols is 1. The van der Waals surface area contributed by atoms with Crippen molar-refractivity contribution in [3.63, 3.8) is 0 Å². The molecule has 3 aliphatic rings. The van der Waals surface area contributed by atoms with Gasteiger partial charge in [-0.15, -0.1) is 21.5 Å². The number of β-amino-alcohol motifs (C(OH)–C–C–N with tert-alkyl or cyclic N) is 1. The van der Waals surface area contributed by atoms with Crippen molar-refractivity contribution in [2.24, 2.45) is 5.41 Å². The number of aromatic nitrogens is 3. The fourth-order valence-electron chi connectivity index (χ4n) is 8.09. The van der Waals surface area contributed by atoms with Gasteiger partial charge in [-0.25, -0.2) is 4.98 Å². The smallest absolute Gasteiger partial charge is 0.246 e. The Bertz CT molecular complexity index is 2090. The van der Waals surface area contributed by atoms with Crippen molar-refractivity contribution >= 4 is 40.6 Å². The van der Waals surface area contributed by atoms with Gasteiger partial charge in [-0.3, -0.25) is 19.3 Å². The highest BCUT2D eigenvalue weighted by Crippen LogP contribution is 2.36. The summed E-state index contributed by atoms with van der Waals surface area (Å²) in [6, 6.07) is 15.2. The molecule has 57 heavy (non-hydrogen) atoms. The lowest BCUT2D eigenvalue weighted by Crippen LogP contribution is -2.58. The van der Waals surface area contributed by atoms with E-state index in [4.69, 9.17) is 0 Å². The summed E-state index contributed by atoms with van der Waals surface area (Å²) >= 11 is 1.58. The standard InChI is InChI=1S/C42H53N9O5S/c1-25(27-12-14-28(15-13-27)37-26(2)44-24-57-37)45-40(55)34-19-30(52)23-51(34)41(56)38(42(3,4)5)46-36(54)11-8-16-49-17-18-50-29(22-49)21-43-39-33(50)20-32(47-48-39)31-9-6-7-10-35(31)53/h6-7,9-10,12-15,20,24-25,29-30,34,38,52-53H,8,11,16-19,21-23H2,1-5H3,(H,43,48)(H,45,55)(H,46,54)/t25-,29+,30+,34-,38+/m0/s1. The summed E-state index contributed by atoms with van der Waals surface area (Å²) < 4.78 is 0. The second-order valence-corrected chi connectivity index (χ2v) is 17.3. The number of hydrogen-bond acceptors (Lipinski definition) is 12. The van der Waals surface area contributed by atoms with Crippen molar-refractivity contribution in [3.8, 4) is 27.4 Å². The van der Waals surface area contributed by atoms with Gasteiger partial charge < -0.3 is 36.0 Å². The van der Waals surface area contributed by atoms with Crippen LogP contribution in [0.25, 0.3) is 21.7 Å². The number of anilines is 2. The van der Waals surface area contributed by atoms with E-state index < -0.39 is 23.6 Å². The Hall–Kier alpha value is -5.12. The predicted octanol–water partition coefficient (Wildman–Crippen LogP) is 4.35. The number of para-hydroxylation sites is 1. The summed E-state index contributed by atoms with van der Waals surface area (Å²) in [7, 11) is 0. The van der Waals surface area contributed by atoms with E-state index in [0.29, 0.717) is 24.2 Å². The summed E-state index contributed by atoms with van der Waals surface area (Å²) in [5.74, 6) is -0.0490. The molecule has 5 atom stereocenters. The molecule has 2 fully saturated rings. The van der Waals surface area contributed by atoms with Crippen LogP contribution in [0, 0.1) is 12.3 Å². The van der Waals surface area contributed by atoms with Crippen LogP contribution in [0.3, 0.4) is 0 Å². The number of hydrogen-bond donors (Lipinski definition) is 5. The Morgan fingerprint density at radius 3 is 2.53 bits per heavy atom. The molecule has 0 unspecified atom stereocenters. The first-order valence-corrected chi connectivity index (χ1v) is 20.6. The van der Waals surface area contributed by atoms with Crippen LogP contribution < -0.4 is 20.9 Å². The number of fused-ring (bicyclic) bond motifs is 3. The zero-order valence-corrected chi connectivity index (χ0v) is 34.1. The molecule has 5 heterocycles. The van der Waals surface area contributed by atoms with E-state index in [1.54, 1.807) is 23.5 Å². The van der Waals surface area contributed by atoms with Gasteiger partial charge in [-0.05, 0) is 61.6 Å². The van der Waals surface area contributed by atoms with Crippen LogP contribution in [0.4, 0.5) is 11.5 Å². The van der Waals surface area contributed by atoms with Crippen LogP contribution in [-0.4, -0.2) is 116 Å². The number of nitrogens with one attached hydrogen (secondary N) is 3. The van der Waals surface area contributed by atoms with Gasteiger partial charge in [0.1, 0.15) is 17.8 Å². The van der Waals surface area contributed by atoms with Gasteiger partial charge in [0.25, 0.3) is 0 Å². The maximum atomic E-state index is 14.2. The minimum absolute atomic E-state index is 0.0196. The van der Waals surface area contributed by atoms with E-state index in [1.807, 2.05) is 82.6 Å². The average molecular weight is 796 g/mol. The zero-order chi connectivity index (χ0) is 40.4. The fraction of sp³-hybridized carbons (Fsp3) is 0.476. The molecule has 0 aliphatic carbocycles. The molecular formula is C42H53N9O5S. The van der Waals surface area contributed by atoms with Crippen LogP contribution >= 0.6 is 11.3 Å². The third kappa shape index (κ3) is 8.90. The zero-order valence-electron chi connectivity index (χ0n) is 33.2. The molecule has 0 spiro atoms. The highest BCUT2D eigenvalue weighted by molar-refractivity contribution is 7.13. The first-order valence-electron chi connectivity index (χ1n) is 19.7. The summed E-state index contributed by atoms with van der Waals surface area (Å²) in [4.78, 5) is 52.8. The molecule has 14 nitrogen and oxygen atoms in total. The number of benzene rings is 2. The van der Waals surface area contributed by atoms with E-state index in [1.165, 1.54) is 4.90 Å². The number of carbonyl (C=O) groups excluding carboxylic acids is 3. The van der Waals surface area contributed by atoms with Gasteiger partial charge in [-0.2, -0.15) is 0 Å². The molecule has 0 bridgehead atoms. The first-order chi connectivity index (χ1) is 27.3. The normalized spacial score (nSPS) is 20.6. The van der Waals surface area contributed by atoms with E-state index >= 15 is 0 Å². The number of aliphatic hydroxyl groups is 1. The summed E-state index contributed by atoms with van der Waals surface area (Å²) in [6.45, 7) is 13.4. The number of thiazole rings is 1. The maximum Gasteiger partial charge on any atom is 0.246 e. The number of phenolic OH excluding ortho intramolecular Hbond substituents is 1. The monoisotopic (exact) mass is 795 g/mol. The SMILES string of the molecule is Cc1ncsc1-c1ccc([C@H](C)NC(=O)[C@@H]2C[C@@H](O)CN2C(=O)[C@@H](NC(=O)CCCN2CCN3c4cc(-c5ccccc5O)nnc4NC[C@@H]3C2)C(C)(C)C)cc1. The molecule has 3 amide bonds. The largest absolute Gasteiger partial charge is 0.507 e. The highest BCUT2D eigenvalue weighted by atomic mass is 32.1. The average Bonchev–Trinajstić information content (AvgIpc) is 3.81. The molecule has 3 aliphatic heterocycles. The van der Waals surface area contributed by atoms with Crippen molar-refractivity contribution in [2.75, 3.05) is 49.5 Å². The Morgan fingerprint density at radius 2 is 1.81 bits per heavy atom. The van der Waals surface area contributed by atoms with Crippen LogP contribution in [0.5, 0.6) is 5.75 Å². The molecule has 0 radical (unpaired) electrons. The number of piperazine rings is 1. The topological polar surface area (TPSA) is 176 Å². The minimum atomic E-state index is -0.881. The third-order valence-electron chi connectivity index (χ3n) is 11.3. The Morgan fingerprint density at radius 1 is 1.04 bits per heavy atom. The first kappa shape index (κ1) is 40.1. The van der Waals surface area contributed by atoms with E-state index in [9.17, 15) is 24.6 Å². The second-order valence-electron chi connectivity index (χ2n) is 16.5. The predicted molar refractivity (Wildman–Crippen MR) is 221 cm³/mol. The van der Waals surface area contributed by atoms with E-state index in [2.05, 4.69) is 40.9 Å². The van der Waals surface area contributed by atoms with Gasteiger partial charge in [0, 0.05) is 51.1 Å². The maximum absolute atomic E-state index is 14.2. The van der Waals surface area contributed by atoms with Crippen molar-refractivity contribution in [2.45, 2.75) is 84.2 Å². The number of aliphatic hydroxyl groups excluding tert-OH is 1. The van der Waals surface area contributed by atoms with Crippen molar-refractivity contribution in [1.82, 2.24) is 35.6 Å². The molecule has 4 aromatic rings. The molecule has 5 N–H and O–H groups in total. The van der Waals surface area contributed by atoms with Crippen LogP contribution in [0.2, 0.25) is 0 Å². The molecule has 7 rings (SSSR count). The number of rotatable bonds is 11. The number of carbonyl (C=O) groups is 3. The number of likely N-dealkylation sites (tertiary alicyclic amines) is 1. The minimum Gasteiger partial charge on any atom is -0.507 e. The number of aryl methyl sites for hydroxylation is 1. The van der Waals surface area contributed by atoms with Crippen LogP contribution in [0.15, 0.2) is 60.1 Å². The van der Waals surface area contributed by atoms with Gasteiger partial charge in [0.15, 0.2) is 5.82 Å². The number of amides is 3. The molecule has 2 aromatic carbocycles. The van der Waals surface area contributed by atoms with E-state index in [-0.39, 0.29) is 54.9 Å². The van der Waals surface area contributed by atoms with Crippen molar-refractivity contribution in [1.29, 1.82) is 0 Å². The second kappa shape index (κ2) is 16.8. The highest BCUT2D eigenvalue weighted by Gasteiger charge is 2.45. The van der Waals surface area contributed by atoms with E-state index in [0.717, 1.165) is 59.4 Å². The van der Waals surface area contributed by atoms with Gasteiger partial charge >= 0.3 is 0 Å². The van der Waals surface area contributed by atoms with Gasteiger partial charge in [0.05, 0.1) is 45.7 Å². The Labute approximate surface area is 337 Å². The lowest BCUT2D eigenvalue weighted by Gasteiger charge is -2.45. The lowest BCUT2D eigenvalue weighted by molar-refractivity contribution is -0.144. The lowest BCUT2D eigenvalue weighted by atomic mass is 9.85. The van der Waals surface area contributed by atoms with Crippen molar-refractivity contribution in [3.05, 3.63) is 71.4 Å². The molecule has 15 heteroatoms. The van der Waals surface area contributed by atoms with Crippen LogP contribution in [-0.2, 0) is 14.4 Å². The van der Waals surface area contributed by atoms with Crippen molar-refractivity contribution < 1.29 is 24.6 Å². The molecule has 0 saturated carbocycles. The Kier molecular flexibility index (Phi) is 11.8. The molecule has 2 saturated heterocycles. The molecule has 2 aromatic heterocycles.